The monoisotopic (exact) mass is 278 g/mol. The van der Waals surface area contributed by atoms with Gasteiger partial charge in [-0.15, -0.1) is 0 Å². The third-order valence-corrected chi connectivity index (χ3v) is 2.25. The van der Waals surface area contributed by atoms with Crippen LogP contribution in [0.4, 0.5) is 13.2 Å². The molecule has 4 nitrogen and oxygen atoms in total. The summed E-state index contributed by atoms with van der Waals surface area (Å²) in [6.45, 7) is 0.198. The van der Waals surface area contributed by atoms with Crippen molar-refractivity contribution in [2.45, 2.75) is 13.1 Å². The molecule has 0 heterocycles. The summed E-state index contributed by atoms with van der Waals surface area (Å²) in [5.74, 6) is 0.458. The molecule has 19 heavy (non-hydrogen) atoms. The summed E-state index contributed by atoms with van der Waals surface area (Å²) in [5, 5.41) is 17.9. The van der Waals surface area contributed by atoms with Crippen molar-refractivity contribution in [2.75, 3.05) is 19.8 Å². The van der Waals surface area contributed by atoms with E-state index in [9.17, 15) is 13.2 Å². The Morgan fingerprint density at radius 3 is 2.42 bits per heavy atom. The SMILES string of the molecule is Cc1cc(B(O)O)ccc1OCCOCC(F)(F)F. The molecular formula is C11H14BF3O4. The molecule has 0 amide bonds. The van der Waals surface area contributed by atoms with Crippen LogP contribution in [0.25, 0.3) is 0 Å². The van der Waals surface area contributed by atoms with E-state index in [1.54, 1.807) is 6.92 Å². The van der Waals surface area contributed by atoms with Crippen LogP contribution >= 0.6 is 0 Å². The van der Waals surface area contributed by atoms with E-state index in [0.29, 0.717) is 16.8 Å². The van der Waals surface area contributed by atoms with E-state index in [1.165, 1.54) is 18.2 Å². The van der Waals surface area contributed by atoms with Gasteiger partial charge in [0.1, 0.15) is 19.0 Å². The minimum atomic E-state index is -4.34. The Morgan fingerprint density at radius 2 is 1.89 bits per heavy atom. The van der Waals surface area contributed by atoms with Crippen LogP contribution in [0, 0.1) is 6.92 Å². The lowest BCUT2D eigenvalue weighted by atomic mass is 9.79. The van der Waals surface area contributed by atoms with Gasteiger partial charge in [-0.25, -0.2) is 0 Å². The average Bonchev–Trinajstić information content (AvgIpc) is 2.28. The molecule has 0 unspecified atom stereocenters. The third-order valence-electron chi connectivity index (χ3n) is 2.25. The quantitative estimate of drug-likeness (QED) is 0.592. The first-order chi connectivity index (χ1) is 8.79. The summed E-state index contributed by atoms with van der Waals surface area (Å²) in [6, 6.07) is 4.51. The van der Waals surface area contributed by atoms with Gasteiger partial charge in [-0.1, -0.05) is 12.1 Å². The van der Waals surface area contributed by atoms with Gasteiger partial charge in [0.15, 0.2) is 0 Å². The first kappa shape index (κ1) is 15.8. The summed E-state index contributed by atoms with van der Waals surface area (Å²) in [6.07, 6.45) is -4.34. The highest BCUT2D eigenvalue weighted by Gasteiger charge is 2.27. The van der Waals surface area contributed by atoms with Crippen molar-refractivity contribution < 1.29 is 32.7 Å². The fourth-order valence-corrected chi connectivity index (χ4v) is 1.39. The standard InChI is InChI=1S/C11H14BF3O4/c1-8-6-9(12(16)17)2-3-10(8)19-5-4-18-7-11(13,14)15/h2-3,6,16-17H,4-5,7H2,1H3. The van der Waals surface area contributed by atoms with Crippen molar-refractivity contribution in [3.05, 3.63) is 23.8 Å². The molecule has 2 N–H and O–H groups in total. The second kappa shape index (κ2) is 6.79. The van der Waals surface area contributed by atoms with Crippen molar-refractivity contribution >= 4 is 12.6 Å². The molecule has 0 bridgehead atoms. The molecule has 1 rings (SSSR count). The number of alkyl halides is 3. The van der Waals surface area contributed by atoms with Crippen LogP contribution in [-0.4, -0.2) is 43.2 Å². The van der Waals surface area contributed by atoms with Crippen LogP contribution in [0.1, 0.15) is 5.56 Å². The van der Waals surface area contributed by atoms with Gasteiger partial charge >= 0.3 is 13.3 Å². The molecule has 8 heteroatoms. The van der Waals surface area contributed by atoms with E-state index in [0.717, 1.165) is 0 Å². The highest BCUT2D eigenvalue weighted by atomic mass is 19.4. The molecule has 0 aliphatic rings. The van der Waals surface area contributed by atoms with Gasteiger partial charge in [0.05, 0.1) is 6.61 Å². The molecule has 0 aromatic heterocycles. The Labute approximate surface area is 108 Å². The summed E-state index contributed by atoms with van der Waals surface area (Å²) in [4.78, 5) is 0. The lowest BCUT2D eigenvalue weighted by molar-refractivity contribution is -0.175. The van der Waals surface area contributed by atoms with Gasteiger partial charge in [-0.05, 0) is 24.0 Å². The van der Waals surface area contributed by atoms with Crippen LogP contribution in [0.15, 0.2) is 18.2 Å². The molecule has 0 fully saturated rings. The Bertz CT molecular complexity index is 409. The van der Waals surface area contributed by atoms with Gasteiger partial charge in [0, 0.05) is 0 Å². The van der Waals surface area contributed by atoms with Crippen molar-refractivity contribution in [3.63, 3.8) is 0 Å². The maximum atomic E-state index is 11.8. The third kappa shape index (κ3) is 5.95. The van der Waals surface area contributed by atoms with Gasteiger partial charge in [-0.2, -0.15) is 13.2 Å². The Balaban J connectivity index is 2.38. The van der Waals surface area contributed by atoms with Crippen LogP contribution in [-0.2, 0) is 4.74 Å². The molecule has 1 aromatic carbocycles. The second-order valence-electron chi connectivity index (χ2n) is 3.91. The van der Waals surface area contributed by atoms with Gasteiger partial charge < -0.3 is 19.5 Å². The van der Waals surface area contributed by atoms with Crippen molar-refractivity contribution in [2.24, 2.45) is 0 Å². The highest BCUT2D eigenvalue weighted by Crippen LogP contribution is 2.16. The normalized spacial score (nSPS) is 11.5. The summed E-state index contributed by atoms with van der Waals surface area (Å²) >= 11 is 0. The Hall–Kier alpha value is -1.25. The predicted molar refractivity (Wildman–Crippen MR) is 63.4 cm³/mol. The first-order valence-electron chi connectivity index (χ1n) is 5.53. The van der Waals surface area contributed by atoms with E-state index >= 15 is 0 Å². The number of hydrogen-bond acceptors (Lipinski definition) is 4. The molecule has 0 spiro atoms. The molecule has 106 valence electrons. The fraction of sp³-hybridized carbons (Fsp3) is 0.455. The van der Waals surface area contributed by atoms with Gasteiger partial charge in [0.25, 0.3) is 0 Å². The molecule has 0 atom stereocenters. The predicted octanol–water partition coefficient (Wildman–Crippen LogP) is 0.633. The van der Waals surface area contributed by atoms with Gasteiger partial charge in [-0.3, -0.25) is 0 Å². The molecule has 1 aromatic rings. The minimum absolute atomic E-state index is 0.0159. The van der Waals surface area contributed by atoms with E-state index in [-0.39, 0.29) is 13.2 Å². The zero-order valence-corrected chi connectivity index (χ0v) is 10.3. The summed E-state index contributed by atoms with van der Waals surface area (Å²) in [7, 11) is -1.57. The number of halogens is 3. The summed E-state index contributed by atoms with van der Waals surface area (Å²) in [5.41, 5.74) is 0.972. The lowest BCUT2D eigenvalue weighted by Gasteiger charge is -2.11. The summed E-state index contributed by atoms with van der Waals surface area (Å²) < 4.78 is 45.0. The van der Waals surface area contributed by atoms with Crippen LogP contribution in [0.3, 0.4) is 0 Å². The molecule has 0 radical (unpaired) electrons. The van der Waals surface area contributed by atoms with E-state index in [2.05, 4.69) is 4.74 Å². The van der Waals surface area contributed by atoms with Crippen molar-refractivity contribution in [1.82, 2.24) is 0 Å². The minimum Gasteiger partial charge on any atom is -0.491 e. The Morgan fingerprint density at radius 1 is 1.21 bits per heavy atom. The van der Waals surface area contributed by atoms with Crippen LogP contribution in [0.2, 0.25) is 0 Å². The van der Waals surface area contributed by atoms with E-state index in [4.69, 9.17) is 14.8 Å². The molecule has 0 aliphatic carbocycles. The number of ether oxygens (including phenoxy) is 2. The van der Waals surface area contributed by atoms with E-state index < -0.39 is 19.9 Å². The average molecular weight is 278 g/mol. The zero-order valence-electron chi connectivity index (χ0n) is 10.3. The van der Waals surface area contributed by atoms with Crippen molar-refractivity contribution in [1.29, 1.82) is 0 Å². The number of aryl methyl sites for hydroxylation is 1. The molecule has 0 saturated carbocycles. The van der Waals surface area contributed by atoms with E-state index in [1.807, 2.05) is 0 Å². The molecule has 0 saturated heterocycles. The lowest BCUT2D eigenvalue weighted by Crippen LogP contribution is -2.29. The highest BCUT2D eigenvalue weighted by molar-refractivity contribution is 6.58. The molecule has 0 aliphatic heterocycles. The maximum absolute atomic E-state index is 11.8. The number of hydrogen-bond donors (Lipinski definition) is 2. The van der Waals surface area contributed by atoms with Gasteiger partial charge in [0.2, 0.25) is 0 Å². The largest absolute Gasteiger partial charge is 0.491 e. The van der Waals surface area contributed by atoms with Crippen LogP contribution in [0.5, 0.6) is 5.75 Å². The molecular weight excluding hydrogens is 264 g/mol. The maximum Gasteiger partial charge on any atom is 0.488 e. The second-order valence-corrected chi connectivity index (χ2v) is 3.91. The first-order valence-corrected chi connectivity index (χ1v) is 5.53. The number of benzene rings is 1. The van der Waals surface area contributed by atoms with Crippen LogP contribution < -0.4 is 10.2 Å². The zero-order chi connectivity index (χ0) is 14.5. The topological polar surface area (TPSA) is 58.9 Å². The number of rotatable bonds is 6. The van der Waals surface area contributed by atoms with Crippen molar-refractivity contribution in [3.8, 4) is 5.75 Å². The fourth-order valence-electron chi connectivity index (χ4n) is 1.39. The Kier molecular flexibility index (Phi) is 5.65. The smallest absolute Gasteiger partial charge is 0.488 e.